The summed E-state index contributed by atoms with van der Waals surface area (Å²) < 4.78 is 17.5. The molecule has 0 fully saturated rings. The molecule has 0 aromatic carbocycles. The van der Waals surface area contributed by atoms with Crippen LogP contribution in [0.15, 0.2) is 97.2 Å². The van der Waals surface area contributed by atoms with Crippen molar-refractivity contribution in [3.63, 3.8) is 0 Å². The zero-order valence-corrected chi connectivity index (χ0v) is 46.3. The van der Waals surface area contributed by atoms with Gasteiger partial charge in [-0.15, -0.1) is 0 Å². The average Bonchev–Trinajstić information content (AvgIpc) is 3.36. The molecular formula is C65H112O5. The van der Waals surface area contributed by atoms with Crippen LogP contribution in [0.5, 0.6) is 0 Å². The van der Waals surface area contributed by atoms with Crippen molar-refractivity contribution < 1.29 is 23.8 Å². The summed E-state index contributed by atoms with van der Waals surface area (Å²) in [4.78, 5) is 25.5. The quantitative estimate of drug-likeness (QED) is 0.0345. The normalized spacial score (nSPS) is 12.9. The summed E-state index contributed by atoms with van der Waals surface area (Å²) in [6.07, 6.45) is 81.5. The molecule has 0 heterocycles. The van der Waals surface area contributed by atoms with E-state index in [0.717, 1.165) is 83.5 Å². The van der Waals surface area contributed by atoms with E-state index in [0.29, 0.717) is 19.4 Å². The van der Waals surface area contributed by atoms with Crippen molar-refractivity contribution in [2.24, 2.45) is 0 Å². The molecule has 1 unspecified atom stereocenters. The lowest BCUT2D eigenvalue weighted by molar-refractivity contribution is -0.163. The number of hydrogen-bond donors (Lipinski definition) is 0. The topological polar surface area (TPSA) is 61.8 Å². The average molecular weight is 974 g/mol. The number of carbonyl (C=O) groups excluding carboxylic acids is 2. The minimum absolute atomic E-state index is 0.0496. The smallest absolute Gasteiger partial charge is 0.306 e. The third-order valence-corrected chi connectivity index (χ3v) is 12.6. The molecule has 0 bridgehead atoms. The number of ether oxygens (including phenoxy) is 3. The molecule has 1 atom stereocenters. The molecule has 0 aliphatic heterocycles. The van der Waals surface area contributed by atoms with Crippen LogP contribution in [0.25, 0.3) is 0 Å². The Kier molecular flexibility index (Phi) is 57.4. The van der Waals surface area contributed by atoms with Crippen molar-refractivity contribution in [3.8, 4) is 0 Å². The van der Waals surface area contributed by atoms with Crippen LogP contribution in [0.3, 0.4) is 0 Å². The van der Waals surface area contributed by atoms with Gasteiger partial charge in [-0.3, -0.25) is 9.59 Å². The van der Waals surface area contributed by atoms with Crippen molar-refractivity contribution in [3.05, 3.63) is 97.2 Å². The summed E-state index contributed by atoms with van der Waals surface area (Å²) in [5.74, 6) is -0.467. The highest BCUT2D eigenvalue weighted by Gasteiger charge is 2.17. The molecule has 0 aliphatic rings. The van der Waals surface area contributed by atoms with Gasteiger partial charge in [0, 0.05) is 19.4 Å². The van der Waals surface area contributed by atoms with Gasteiger partial charge in [0.25, 0.3) is 0 Å². The molecule has 0 aromatic rings. The van der Waals surface area contributed by atoms with E-state index in [9.17, 15) is 9.59 Å². The van der Waals surface area contributed by atoms with Gasteiger partial charge in [-0.1, -0.05) is 246 Å². The summed E-state index contributed by atoms with van der Waals surface area (Å²) in [5.41, 5.74) is 0. The van der Waals surface area contributed by atoms with E-state index in [4.69, 9.17) is 14.2 Å². The van der Waals surface area contributed by atoms with Crippen LogP contribution in [0.4, 0.5) is 0 Å². The van der Waals surface area contributed by atoms with Gasteiger partial charge in [0.15, 0.2) is 6.10 Å². The number of rotatable bonds is 54. The third-order valence-electron chi connectivity index (χ3n) is 12.6. The maximum atomic E-state index is 12.9. The van der Waals surface area contributed by atoms with Gasteiger partial charge in [-0.05, 0) is 116 Å². The molecule has 0 saturated carbocycles. The van der Waals surface area contributed by atoms with Crippen LogP contribution in [0.1, 0.15) is 278 Å². The van der Waals surface area contributed by atoms with Gasteiger partial charge >= 0.3 is 11.9 Å². The molecule has 0 N–H and O–H groups in total. The van der Waals surface area contributed by atoms with Crippen LogP contribution in [0.2, 0.25) is 0 Å². The van der Waals surface area contributed by atoms with E-state index >= 15 is 0 Å². The minimum Gasteiger partial charge on any atom is -0.462 e. The molecule has 5 heteroatoms. The molecule has 0 aliphatic carbocycles. The second-order valence-electron chi connectivity index (χ2n) is 19.5. The Morgan fingerprint density at radius 3 is 1.11 bits per heavy atom. The molecule has 0 aromatic heterocycles. The molecule has 402 valence electrons. The zero-order chi connectivity index (χ0) is 50.6. The molecule has 0 saturated heterocycles. The molecule has 70 heavy (non-hydrogen) atoms. The molecule has 0 amide bonds. The van der Waals surface area contributed by atoms with Gasteiger partial charge in [-0.25, -0.2) is 0 Å². The molecule has 5 nitrogen and oxygen atoms in total. The largest absolute Gasteiger partial charge is 0.462 e. The lowest BCUT2D eigenvalue weighted by Crippen LogP contribution is -2.30. The van der Waals surface area contributed by atoms with Crippen LogP contribution in [-0.2, 0) is 23.8 Å². The lowest BCUT2D eigenvalue weighted by atomic mass is 10.1. The summed E-state index contributed by atoms with van der Waals surface area (Å²) in [6.45, 7) is 7.64. The monoisotopic (exact) mass is 973 g/mol. The lowest BCUT2D eigenvalue weighted by Gasteiger charge is -2.18. The first-order chi connectivity index (χ1) is 34.6. The van der Waals surface area contributed by atoms with E-state index in [1.807, 2.05) is 0 Å². The van der Waals surface area contributed by atoms with E-state index in [2.05, 4.69) is 118 Å². The molecule has 0 radical (unpaired) electrons. The van der Waals surface area contributed by atoms with Gasteiger partial charge in [-0.2, -0.15) is 0 Å². The van der Waals surface area contributed by atoms with Crippen molar-refractivity contribution in [1.82, 2.24) is 0 Å². The fourth-order valence-corrected chi connectivity index (χ4v) is 8.16. The highest BCUT2D eigenvalue weighted by molar-refractivity contribution is 5.70. The van der Waals surface area contributed by atoms with Gasteiger partial charge < -0.3 is 14.2 Å². The highest BCUT2D eigenvalue weighted by atomic mass is 16.6. The summed E-state index contributed by atoms with van der Waals surface area (Å²) in [7, 11) is 0. The van der Waals surface area contributed by atoms with E-state index in [1.54, 1.807) is 0 Å². The number of allylic oxidation sites excluding steroid dienone is 16. The number of unbranched alkanes of at least 4 members (excludes halogenated alkanes) is 27. The Hall–Kier alpha value is -3.18. The predicted octanol–water partition coefficient (Wildman–Crippen LogP) is 20.6. The maximum Gasteiger partial charge on any atom is 0.306 e. The second kappa shape index (κ2) is 60.1. The van der Waals surface area contributed by atoms with Crippen LogP contribution < -0.4 is 0 Å². The SMILES string of the molecule is CC/C=C\C/C=C\C/C=C\C/C=C\C/C=C\CCCC(=O)OCC(COCCCCCCCCCCCC/C=C\C/C=C\CCCCC)OC(=O)CCCCCCCCC/C=C\CCCCCCCC. The van der Waals surface area contributed by atoms with Crippen LogP contribution >= 0.6 is 0 Å². The number of hydrogen-bond acceptors (Lipinski definition) is 5. The fourth-order valence-electron chi connectivity index (χ4n) is 8.16. The van der Waals surface area contributed by atoms with Crippen molar-refractivity contribution in [1.29, 1.82) is 0 Å². The van der Waals surface area contributed by atoms with Gasteiger partial charge in [0.1, 0.15) is 6.61 Å². The Labute approximate surface area is 434 Å². The summed E-state index contributed by atoms with van der Waals surface area (Å²) >= 11 is 0. The van der Waals surface area contributed by atoms with Crippen LogP contribution in [0, 0.1) is 0 Å². The highest BCUT2D eigenvalue weighted by Crippen LogP contribution is 2.15. The fraction of sp³-hybridized carbons (Fsp3) is 0.723. The third kappa shape index (κ3) is 57.4. The Balaban J connectivity index is 4.36. The Bertz CT molecular complexity index is 1330. The molecule has 0 rings (SSSR count). The standard InChI is InChI=1S/C65H112O5/c1-4-7-10-13-16-19-22-25-28-31-32-33-36-39-42-45-48-51-54-57-60-68-61-63(70-65(67)59-56-53-50-47-44-41-38-35-30-27-24-21-18-15-12-9-6-3)62-69-64(66)58-55-52-49-46-43-40-37-34-29-26-23-20-17-14-11-8-5-2/h8,11,16-17,19-20,25-30,37,40,46,49,63H,4-7,9-10,12-15,18,21-24,31-36,38-39,41-45,47-48,50-62H2,1-3H3/b11-8-,19-16-,20-17-,28-25-,29-26-,30-27-,40-37-,49-46-. The van der Waals surface area contributed by atoms with E-state index < -0.39 is 6.10 Å². The first-order valence-electron chi connectivity index (χ1n) is 29.8. The van der Waals surface area contributed by atoms with Crippen molar-refractivity contribution in [2.75, 3.05) is 19.8 Å². The predicted molar refractivity (Wildman–Crippen MR) is 306 cm³/mol. The first kappa shape index (κ1) is 66.8. The molecular weight excluding hydrogens is 861 g/mol. The van der Waals surface area contributed by atoms with Gasteiger partial charge in [0.2, 0.25) is 0 Å². The second-order valence-corrected chi connectivity index (χ2v) is 19.5. The number of esters is 2. The summed E-state index contributed by atoms with van der Waals surface area (Å²) in [5, 5.41) is 0. The Morgan fingerprint density at radius 1 is 0.329 bits per heavy atom. The minimum atomic E-state index is -0.569. The van der Waals surface area contributed by atoms with Gasteiger partial charge in [0.05, 0.1) is 6.61 Å². The van der Waals surface area contributed by atoms with Crippen LogP contribution in [-0.4, -0.2) is 37.9 Å². The van der Waals surface area contributed by atoms with E-state index in [1.165, 1.54) is 161 Å². The zero-order valence-electron chi connectivity index (χ0n) is 46.3. The Morgan fingerprint density at radius 2 is 0.657 bits per heavy atom. The first-order valence-corrected chi connectivity index (χ1v) is 29.8. The molecule has 0 spiro atoms. The van der Waals surface area contributed by atoms with Crippen molar-refractivity contribution in [2.45, 2.75) is 284 Å². The van der Waals surface area contributed by atoms with E-state index in [-0.39, 0.29) is 25.2 Å². The maximum absolute atomic E-state index is 12.9. The summed E-state index contributed by atoms with van der Waals surface area (Å²) in [6, 6.07) is 0. The number of carbonyl (C=O) groups is 2. The van der Waals surface area contributed by atoms with Crippen molar-refractivity contribution >= 4 is 11.9 Å².